The molecule has 0 aliphatic rings. The van der Waals surface area contributed by atoms with E-state index in [0.29, 0.717) is 6.42 Å². The minimum Gasteiger partial charge on any atom is -0.478 e. The first-order valence-electron chi connectivity index (χ1n) is 6.13. The lowest BCUT2D eigenvalue weighted by Gasteiger charge is -2.06. The van der Waals surface area contributed by atoms with E-state index in [1.165, 1.54) is 18.3 Å². The second-order valence-corrected chi connectivity index (χ2v) is 4.06. The fourth-order valence-electron chi connectivity index (χ4n) is 1.58. The van der Waals surface area contributed by atoms with Gasteiger partial charge in [0.15, 0.2) is 0 Å². The van der Waals surface area contributed by atoms with Crippen molar-refractivity contribution in [1.29, 1.82) is 0 Å². The predicted octanol–water partition coefficient (Wildman–Crippen LogP) is 2.69. The molecule has 0 saturated carbocycles. The van der Waals surface area contributed by atoms with Crippen LogP contribution in [-0.4, -0.2) is 22.0 Å². The number of hydrogen-bond acceptors (Lipinski definition) is 3. The van der Waals surface area contributed by atoms with Crippen LogP contribution in [0.1, 0.15) is 49.4 Å². The molecule has 0 saturated heterocycles. The number of anilines is 1. The molecule has 5 heteroatoms. The summed E-state index contributed by atoms with van der Waals surface area (Å²) in [5.74, 6) is -1.16. The molecule has 5 nitrogen and oxygen atoms in total. The van der Waals surface area contributed by atoms with Gasteiger partial charge in [-0.25, -0.2) is 9.78 Å². The van der Waals surface area contributed by atoms with Gasteiger partial charge in [-0.15, -0.1) is 0 Å². The van der Waals surface area contributed by atoms with Crippen molar-refractivity contribution in [2.75, 3.05) is 5.32 Å². The molecule has 1 aromatic rings. The molecule has 0 unspecified atom stereocenters. The van der Waals surface area contributed by atoms with Gasteiger partial charge in [0.2, 0.25) is 5.91 Å². The van der Waals surface area contributed by atoms with Gasteiger partial charge in [-0.3, -0.25) is 4.79 Å². The molecule has 0 aromatic carbocycles. The number of nitrogens with one attached hydrogen (secondary N) is 1. The molecule has 1 amide bonds. The van der Waals surface area contributed by atoms with Crippen LogP contribution in [0, 0.1) is 0 Å². The van der Waals surface area contributed by atoms with E-state index in [1.54, 1.807) is 0 Å². The SMILES string of the molecule is CCCCCCC(=O)Nc1ncccc1C(=O)O. The van der Waals surface area contributed by atoms with Crippen LogP contribution in [0.25, 0.3) is 0 Å². The molecule has 98 valence electrons. The van der Waals surface area contributed by atoms with E-state index in [0.717, 1.165) is 25.7 Å². The highest BCUT2D eigenvalue weighted by atomic mass is 16.4. The number of carbonyl (C=O) groups is 2. The Bertz CT molecular complexity index is 418. The maximum absolute atomic E-state index is 11.6. The lowest BCUT2D eigenvalue weighted by molar-refractivity contribution is -0.116. The minimum absolute atomic E-state index is 0.0133. The van der Waals surface area contributed by atoms with E-state index in [1.807, 2.05) is 0 Å². The Kier molecular flexibility index (Phi) is 5.84. The van der Waals surface area contributed by atoms with Crippen LogP contribution >= 0.6 is 0 Å². The number of pyridine rings is 1. The first-order valence-corrected chi connectivity index (χ1v) is 6.13. The lowest BCUT2D eigenvalue weighted by atomic mass is 10.1. The molecular weight excluding hydrogens is 232 g/mol. The molecule has 1 rings (SSSR count). The molecular formula is C13H18N2O3. The fraction of sp³-hybridized carbons (Fsp3) is 0.462. The van der Waals surface area contributed by atoms with Gasteiger partial charge in [-0.2, -0.15) is 0 Å². The number of rotatable bonds is 7. The number of amides is 1. The van der Waals surface area contributed by atoms with E-state index in [9.17, 15) is 9.59 Å². The van der Waals surface area contributed by atoms with Gasteiger partial charge in [-0.1, -0.05) is 26.2 Å². The predicted molar refractivity (Wildman–Crippen MR) is 68.6 cm³/mol. The summed E-state index contributed by atoms with van der Waals surface area (Å²) >= 11 is 0. The molecule has 0 radical (unpaired) electrons. The normalized spacial score (nSPS) is 10.1. The van der Waals surface area contributed by atoms with E-state index in [2.05, 4.69) is 17.2 Å². The standard InChI is InChI=1S/C13H18N2O3/c1-2-3-4-5-8-11(16)15-12-10(13(17)18)7-6-9-14-12/h6-7,9H,2-5,8H2,1H3,(H,17,18)(H,14,15,16). The number of nitrogens with zero attached hydrogens (tertiary/aromatic N) is 1. The maximum Gasteiger partial charge on any atom is 0.339 e. The quantitative estimate of drug-likeness (QED) is 0.729. The molecule has 1 aromatic heterocycles. The van der Waals surface area contributed by atoms with E-state index < -0.39 is 5.97 Å². The molecule has 18 heavy (non-hydrogen) atoms. The van der Waals surface area contributed by atoms with E-state index >= 15 is 0 Å². The van der Waals surface area contributed by atoms with Crippen molar-refractivity contribution < 1.29 is 14.7 Å². The topological polar surface area (TPSA) is 79.3 Å². The lowest BCUT2D eigenvalue weighted by Crippen LogP contribution is -2.15. The number of carboxylic acid groups (broad SMARTS) is 1. The Hall–Kier alpha value is -1.91. The minimum atomic E-state index is -1.09. The number of unbranched alkanes of at least 4 members (excludes halogenated alkanes) is 3. The third kappa shape index (κ3) is 4.53. The molecule has 0 aliphatic heterocycles. The third-order valence-electron chi connectivity index (χ3n) is 2.55. The number of carboxylic acids is 1. The molecule has 0 bridgehead atoms. The monoisotopic (exact) mass is 250 g/mol. The number of carbonyl (C=O) groups excluding carboxylic acids is 1. The zero-order valence-electron chi connectivity index (χ0n) is 10.5. The average Bonchev–Trinajstić information content (AvgIpc) is 2.35. The highest BCUT2D eigenvalue weighted by molar-refractivity contribution is 5.99. The largest absolute Gasteiger partial charge is 0.478 e. The Morgan fingerprint density at radius 1 is 1.33 bits per heavy atom. The van der Waals surface area contributed by atoms with E-state index in [4.69, 9.17) is 5.11 Å². The summed E-state index contributed by atoms with van der Waals surface area (Å²) in [7, 11) is 0. The summed E-state index contributed by atoms with van der Waals surface area (Å²) in [6.07, 6.45) is 5.91. The van der Waals surface area contributed by atoms with Gasteiger partial charge in [0.1, 0.15) is 11.4 Å². The van der Waals surface area contributed by atoms with Crippen molar-refractivity contribution >= 4 is 17.7 Å². The smallest absolute Gasteiger partial charge is 0.339 e. The summed E-state index contributed by atoms with van der Waals surface area (Å²) in [6.45, 7) is 2.10. The van der Waals surface area contributed by atoms with Crippen LogP contribution in [0.15, 0.2) is 18.3 Å². The highest BCUT2D eigenvalue weighted by Crippen LogP contribution is 2.12. The van der Waals surface area contributed by atoms with Gasteiger partial charge in [0.05, 0.1) is 0 Å². The van der Waals surface area contributed by atoms with Crippen molar-refractivity contribution in [3.8, 4) is 0 Å². The molecule has 0 spiro atoms. The van der Waals surface area contributed by atoms with Crippen molar-refractivity contribution in [3.05, 3.63) is 23.9 Å². The van der Waals surface area contributed by atoms with Crippen LogP contribution in [-0.2, 0) is 4.79 Å². The first-order chi connectivity index (χ1) is 8.65. The zero-order valence-corrected chi connectivity index (χ0v) is 10.5. The summed E-state index contributed by atoms with van der Waals surface area (Å²) in [5, 5.41) is 11.5. The van der Waals surface area contributed by atoms with Crippen LogP contribution in [0.5, 0.6) is 0 Å². The van der Waals surface area contributed by atoms with Crippen molar-refractivity contribution in [2.45, 2.75) is 39.0 Å². The average molecular weight is 250 g/mol. The Balaban J connectivity index is 2.51. The molecule has 2 N–H and O–H groups in total. The Labute approximate surface area is 106 Å². The summed E-state index contributed by atoms with van der Waals surface area (Å²) in [5.41, 5.74) is 0.0133. The molecule has 1 heterocycles. The zero-order chi connectivity index (χ0) is 13.4. The number of hydrogen-bond donors (Lipinski definition) is 2. The maximum atomic E-state index is 11.6. The molecule has 0 atom stereocenters. The summed E-state index contributed by atoms with van der Waals surface area (Å²) in [6, 6.07) is 2.95. The van der Waals surface area contributed by atoms with Gasteiger partial charge in [0, 0.05) is 12.6 Å². The summed E-state index contributed by atoms with van der Waals surface area (Å²) < 4.78 is 0. The van der Waals surface area contributed by atoms with Crippen LogP contribution in [0.2, 0.25) is 0 Å². The second kappa shape index (κ2) is 7.42. The van der Waals surface area contributed by atoms with Gasteiger partial charge >= 0.3 is 5.97 Å². The van der Waals surface area contributed by atoms with E-state index in [-0.39, 0.29) is 17.3 Å². The highest BCUT2D eigenvalue weighted by Gasteiger charge is 2.12. The molecule has 0 aliphatic carbocycles. The number of aromatic carboxylic acids is 1. The first kappa shape index (κ1) is 14.2. The van der Waals surface area contributed by atoms with Gasteiger partial charge < -0.3 is 10.4 Å². The molecule has 0 fully saturated rings. The summed E-state index contributed by atoms with van der Waals surface area (Å²) in [4.78, 5) is 26.4. The number of aromatic nitrogens is 1. The van der Waals surface area contributed by atoms with Gasteiger partial charge in [0.25, 0.3) is 0 Å². The van der Waals surface area contributed by atoms with Crippen molar-refractivity contribution in [1.82, 2.24) is 4.98 Å². The van der Waals surface area contributed by atoms with Crippen molar-refractivity contribution in [3.63, 3.8) is 0 Å². The third-order valence-corrected chi connectivity index (χ3v) is 2.55. The second-order valence-electron chi connectivity index (χ2n) is 4.06. The van der Waals surface area contributed by atoms with Crippen molar-refractivity contribution in [2.24, 2.45) is 0 Å². The van der Waals surface area contributed by atoms with Gasteiger partial charge in [-0.05, 0) is 18.6 Å². The fourth-order valence-corrected chi connectivity index (χ4v) is 1.58. The van der Waals surface area contributed by atoms with Crippen LogP contribution in [0.4, 0.5) is 5.82 Å². The van der Waals surface area contributed by atoms with Crippen LogP contribution in [0.3, 0.4) is 0 Å². The Morgan fingerprint density at radius 3 is 2.78 bits per heavy atom. The van der Waals surface area contributed by atoms with Crippen LogP contribution < -0.4 is 5.32 Å². The Morgan fingerprint density at radius 2 is 2.11 bits per heavy atom.